The summed E-state index contributed by atoms with van der Waals surface area (Å²) in [5.41, 5.74) is 4.42. The highest BCUT2D eigenvalue weighted by atomic mass is 19.1. The lowest BCUT2D eigenvalue weighted by Gasteiger charge is -2.08. The molecular weight excluding hydrogens is 259 g/mol. The van der Waals surface area contributed by atoms with Crippen LogP contribution in [-0.2, 0) is 12.8 Å². The second-order valence-electron chi connectivity index (χ2n) is 5.38. The van der Waals surface area contributed by atoms with Crippen molar-refractivity contribution in [3.8, 4) is 11.1 Å². The van der Waals surface area contributed by atoms with E-state index in [0.29, 0.717) is 5.39 Å². The maximum atomic E-state index is 14.3. The Kier molecular flexibility index (Phi) is 3.74. The molecule has 0 N–H and O–H groups in total. The maximum absolute atomic E-state index is 14.3. The van der Waals surface area contributed by atoms with E-state index in [0.717, 1.165) is 29.4 Å². The third kappa shape index (κ3) is 2.56. The van der Waals surface area contributed by atoms with Gasteiger partial charge in [-0.25, -0.2) is 4.39 Å². The van der Waals surface area contributed by atoms with Crippen molar-refractivity contribution < 1.29 is 4.39 Å². The van der Waals surface area contributed by atoms with Crippen molar-refractivity contribution in [1.29, 1.82) is 0 Å². The third-order valence-corrected chi connectivity index (χ3v) is 4.11. The first-order valence-electron chi connectivity index (χ1n) is 7.53. The molecule has 0 unspecified atom stereocenters. The summed E-state index contributed by atoms with van der Waals surface area (Å²) < 4.78 is 14.3. The second kappa shape index (κ2) is 5.69. The molecule has 0 saturated heterocycles. The van der Waals surface area contributed by atoms with Gasteiger partial charge in [-0.15, -0.1) is 0 Å². The summed E-state index contributed by atoms with van der Waals surface area (Å²) in [7, 11) is 0. The molecule has 0 aliphatic carbocycles. The Bertz CT molecular complexity index is 770. The molecule has 0 fully saturated rings. The van der Waals surface area contributed by atoms with Gasteiger partial charge in [-0.3, -0.25) is 0 Å². The first kappa shape index (κ1) is 13.8. The molecule has 0 atom stereocenters. The van der Waals surface area contributed by atoms with Gasteiger partial charge < -0.3 is 0 Å². The molecule has 3 aromatic rings. The number of rotatable bonds is 3. The summed E-state index contributed by atoms with van der Waals surface area (Å²) in [4.78, 5) is 0. The smallest absolute Gasteiger partial charge is 0.134 e. The van der Waals surface area contributed by atoms with Crippen LogP contribution in [0.15, 0.2) is 54.6 Å². The molecule has 0 heterocycles. The van der Waals surface area contributed by atoms with Gasteiger partial charge in [0.05, 0.1) is 0 Å². The van der Waals surface area contributed by atoms with Gasteiger partial charge >= 0.3 is 0 Å². The standard InChI is InChI=1S/C20H19F/c1-3-14-5-7-16(8-6-14)17-11-12-19-18(13-17)10-9-15(4-2)20(19)21/h5-13H,3-4H2,1-2H3. The molecule has 0 aliphatic heterocycles. The van der Waals surface area contributed by atoms with E-state index in [9.17, 15) is 4.39 Å². The average molecular weight is 278 g/mol. The molecule has 0 radical (unpaired) electrons. The van der Waals surface area contributed by atoms with E-state index in [1.807, 2.05) is 31.2 Å². The van der Waals surface area contributed by atoms with Crippen molar-refractivity contribution in [3.63, 3.8) is 0 Å². The van der Waals surface area contributed by atoms with Crippen molar-refractivity contribution in [1.82, 2.24) is 0 Å². The van der Waals surface area contributed by atoms with Crippen LogP contribution in [0.3, 0.4) is 0 Å². The molecule has 0 bridgehead atoms. The second-order valence-corrected chi connectivity index (χ2v) is 5.38. The van der Waals surface area contributed by atoms with Crippen LogP contribution in [0.1, 0.15) is 25.0 Å². The molecule has 0 amide bonds. The van der Waals surface area contributed by atoms with E-state index in [1.54, 1.807) is 0 Å². The average Bonchev–Trinajstić information content (AvgIpc) is 2.55. The third-order valence-electron chi connectivity index (χ3n) is 4.11. The summed E-state index contributed by atoms with van der Waals surface area (Å²) in [5.74, 6) is -0.0807. The van der Waals surface area contributed by atoms with Crippen LogP contribution >= 0.6 is 0 Å². The summed E-state index contributed by atoms with van der Waals surface area (Å²) >= 11 is 0. The van der Waals surface area contributed by atoms with Crippen LogP contribution in [0.2, 0.25) is 0 Å². The van der Waals surface area contributed by atoms with Crippen LogP contribution in [0.5, 0.6) is 0 Å². The topological polar surface area (TPSA) is 0 Å². The molecule has 0 spiro atoms. The Morgan fingerprint density at radius 1 is 0.762 bits per heavy atom. The molecule has 3 aromatic carbocycles. The molecule has 21 heavy (non-hydrogen) atoms. The highest BCUT2D eigenvalue weighted by Gasteiger charge is 2.07. The minimum atomic E-state index is -0.0807. The predicted octanol–water partition coefficient (Wildman–Crippen LogP) is 5.77. The fourth-order valence-corrected chi connectivity index (χ4v) is 2.72. The largest absolute Gasteiger partial charge is 0.206 e. The summed E-state index contributed by atoms with van der Waals surface area (Å²) in [6.45, 7) is 4.13. The fraction of sp³-hybridized carbons (Fsp3) is 0.200. The maximum Gasteiger partial charge on any atom is 0.134 e. The number of aryl methyl sites for hydroxylation is 2. The Morgan fingerprint density at radius 2 is 1.48 bits per heavy atom. The fourth-order valence-electron chi connectivity index (χ4n) is 2.72. The van der Waals surface area contributed by atoms with E-state index >= 15 is 0 Å². The van der Waals surface area contributed by atoms with E-state index in [1.165, 1.54) is 11.1 Å². The van der Waals surface area contributed by atoms with Crippen molar-refractivity contribution in [2.45, 2.75) is 26.7 Å². The van der Waals surface area contributed by atoms with Gasteiger partial charge in [0.2, 0.25) is 0 Å². The number of halogens is 1. The van der Waals surface area contributed by atoms with Gasteiger partial charge in [-0.2, -0.15) is 0 Å². The van der Waals surface area contributed by atoms with Crippen molar-refractivity contribution in [3.05, 3.63) is 71.5 Å². The van der Waals surface area contributed by atoms with Gasteiger partial charge in [0.15, 0.2) is 0 Å². The van der Waals surface area contributed by atoms with E-state index in [4.69, 9.17) is 0 Å². The molecule has 0 nitrogen and oxygen atoms in total. The van der Waals surface area contributed by atoms with E-state index in [2.05, 4.69) is 37.3 Å². The van der Waals surface area contributed by atoms with E-state index < -0.39 is 0 Å². The Labute approximate surface area is 125 Å². The monoisotopic (exact) mass is 278 g/mol. The number of benzene rings is 3. The molecule has 3 rings (SSSR count). The van der Waals surface area contributed by atoms with Gasteiger partial charge in [0, 0.05) is 5.39 Å². The lowest BCUT2D eigenvalue weighted by Crippen LogP contribution is -1.90. The Morgan fingerprint density at radius 3 is 2.14 bits per heavy atom. The molecular formula is C20H19F. The van der Waals surface area contributed by atoms with Gasteiger partial charge in [-0.1, -0.05) is 62.4 Å². The molecule has 106 valence electrons. The zero-order chi connectivity index (χ0) is 14.8. The van der Waals surface area contributed by atoms with Gasteiger partial charge in [-0.05, 0) is 46.5 Å². The summed E-state index contributed by atoms with van der Waals surface area (Å²) in [6.07, 6.45) is 1.77. The summed E-state index contributed by atoms with van der Waals surface area (Å²) in [5, 5.41) is 1.67. The number of hydrogen-bond donors (Lipinski definition) is 0. The molecule has 0 saturated carbocycles. The van der Waals surface area contributed by atoms with E-state index in [-0.39, 0.29) is 5.82 Å². The highest BCUT2D eigenvalue weighted by molar-refractivity contribution is 5.88. The van der Waals surface area contributed by atoms with Crippen molar-refractivity contribution in [2.75, 3.05) is 0 Å². The lowest BCUT2D eigenvalue weighted by atomic mass is 9.98. The van der Waals surface area contributed by atoms with Gasteiger partial charge in [0.1, 0.15) is 5.82 Å². The van der Waals surface area contributed by atoms with Crippen molar-refractivity contribution >= 4 is 10.8 Å². The zero-order valence-corrected chi connectivity index (χ0v) is 12.5. The van der Waals surface area contributed by atoms with Crippen LogP contribution in [0, 0.1) is 5.82 Å². The molecule has 1 heteroatoms. The number of hydrogen-bond acceptors (Lipinski definition) is 0. The number of fused-ring (bicyclic) bond motifs is 1. The Balaban J connectivity index is 2.08. The Hall–Kier alpha value is -2.15. The van der Waals surface area contributed by atoms with Crippen LogP contribution in [0.4, 0.5) is 4.39 Å². The quantitative estimate of drug-likeness (QED) is 0.570. The zero-order valence-electron chi connectivity index (χ0n) is 12.5. The lowest BCUT2D eigenvalue weighted by molar-refractivity contribution is 0.624. The minimum absolute atomic E-state index is 0.0807. The van der Waals surface area contributed by atoms with Crippen LogP contribution in [-0.4, -0.2) is 0 Å². The first-order chi connectivity index (χ1) is 10.2. The predicted molar refractivity (Wildman–Crippen MR) is 88.1 cm³/mol. The molecule has 0 aromatic heterocycles. The first-order valence-corrected chi connectivity index (χ1v) is 7.53. The molecule has 0 aliphatic rings. The SMILES string of the molecule is CCc1ccc(-c2ccc3c(F)c(CC)ccc3c2)cc1. The normalized spacial score (nSPS) is 11.0. The van der Waals surface area contributed by atoms with Crippen molar-refractivity contribution in [2.24, 2.45) is 0 Å². The van der Waals surface area contributed by atoms with Crippen LogP contribution < -0.4 is 0 Å². The van der Waals surface area contributed by atoms with Crippen LogP contribution in [0.25, 0.3) is 21.9 Å². The van der Waals surface area contributed by atoms with Gasteiger partial charge in [0.25, 0.3) is 0 Å². The minimum Gasteiger partial charge on any atom is -0.206 e. The highest BCUT2D eigenvalue weighted by Crippen LogP contribution is 2.27. The summed E-state index contributed by atoms with van der Waals surface area (Å²) in [6, 6.07) is 18.5.